The molecule has 0 radical (unpaired) electrons. The highest BCUT2D eigenvalue weighted by atomic mass is 16.7. The van der Waals surface area contributed by atoms with Gasteiger partial charge >= 0.3 is 0 Å². The standard InChI is InChI=1S/C23H30N2O2/c1-24(17-19-8-4-2-5-9-19)15-12-21(25-13-6-3-7-14-25)20-10-11-22-23(16-20)27-18-26-22/h2,4-5,8-11,16,21H,3,6-7,12-15,17-18H2,1H3. The molecule has 2 aromatic carbocycles. The first-order chi connectivity index (χ1) is 13.3. The zero-order chi connectivity index (χ0) is 18.5. The Bertz CT molecular complexity index is 728. The number of nitrogens with zero attached hydrogens (tertiary/aromatic N) is 2. The van der Waals surface area contributed by atoms with Crippen LogP contribution in [0.15, 0.2) is 48.5 Å². The summed E-state index contributed by atoms with van der Waals surface area (Å²) in [5.74, 6) is 1.77. The third kappa shape index (κ3) is 4.63. The van der Waals surface area contributed by atoms with Crippen LogP contribution in [0.5, 0.6) is 11.5 Å². The van der Waals surface area contributed by atoms with E-state index in [1.165, 1.54) is 43.5 Å². The molecule has 0 bridgehead atoms. The number of hydrogen-bond donors (Lipinski definition) is 0. The number of fused-ring (bicyclic) bond motifs is 1. The molecule has 1 saturated heterocycles. The maximum atomic E-state index is 5.63. The summed E-state index contributed by atoms with van der Waals surface area (Å²) in [7, 11) is 2.22. The Hall–Kier alpha value is -2.04. The Morgan fingerprint density at radius 2 is 1.74 bits per heavy atom. The lowest BCUT2D eigenvalue weighted by Crippen LogP contribution is -2.35. The lowest BCUT2D eigenvalue weighted by Gasteiger charge is -2.36. The molecule has 1 unspecified atom stereocenters. The average Bonchev–Trinajstić information content (AvgIpc) is 3.18. The van der Waals surface area contributed by atoms with E-state index in [1.807, 2.05) is 0 Å². The van der Waals surface area contributed by atoms with Crippen molar-refractivity contribution in [1.82, 2.24) is 9.80 Å². The minimum absolute atomic E-state index is 0.340. The zero-order valence-electron chi connectivity index (χ0n) is 16.3. The van der Waals surface area contributed by atoms with Crippen molar-refractivity contribution in [3.05, 3.63) is 59.7 Å². The van der Waals surface area contributed by atoms with Gasteiger partial charge in [0.25, 0.3) is 0 Å². The summed E-state index contributed by atoms with van der Waals surface area (Å²) in [6.45, 7) is 4.80. The second-order valence-corrected chi connectivity index (χ2v) is 7.74. The fourth-order valence-corrected chi connectivity index (χ4v) is 4.23. The molecule has 0 spiro atoms. The Morgan fingerprint density at radius 1 is 0.963 bits per heavy atom. The summed E-state index contributed by atoms with van der Waals surface area (Å²) in [6.07, 6.45) is 5.10. The van der Waals surface area contributed by atoms with Gasteiger partial charge in [-0.3, -0.25) is 4.90 Å². The third-order valence-electron chi connectivity index (χ3n) is 5.69. The lowest BCUT2D eigenvalue weighted by atomic mass is 9.98. The van der Waals surface area contributed by atoms with Crippen LogP contribution in [-0.4, -0.2) is 43.3 Å². The lowest BCUT2D eigenvalue weighted by molar-refractivity contribution is 0.143. The van der Waals surface area contributed by atoms with Gasteiger partial charge in [0.1, 0.15) is 0 Å². The number of likely N-dealkylation sites (tertiary alicyclic amines) is 1. The van der Waals surface area contributed by atoms with Crippen LogP contribution < -0.4 is 9.47 Å². The topological polar surface area (TPSA) is 24.9 Å². The van der Waals surface area contributed by atoms with Crippen LogP contribution in [0.25, 0.3) is 0 Å². The molecule has 2 aliphatic heterocycles. The molecule has 2 heterocycles. The summed E-state index contributed by atoms with van der Waals surface area (Å²) in [5.41, 5.74) is 2.73. The maximum Gasteiger partial charge on any atom is 0.231 e. The van der Waals surface area contributed by atoms with Crippen LogP contribution >= 0.6 is 0 Å². The molecular weight excluding hydrogens is 336 g/mol. The van der Waals surface area contributed by atoms with Gasteiger partial charge < -0.3 is 14.4 Å². The van der Waals surface area contributed by atoms with Crippen molar-refractivity contribution in [2.24, 2.45) is 0 Å². The second-order valence-electron chi connectivity index (χ2n) is 7.74. The fourth-order valence-electron chi connectivity index (χ4n) is 4.23. The van der Waals surface area contributed by atoms with Gasteiger partial charge in [0.2, 0.25) is 6.79 Å². The summed E-state index contributed by atoms with van der Waals surface area (Å²) in [4.78, 5) is 5.09. The molecule has 0 saturated carbocycles. The van der Waals surface area contributed by atoms with Crippen molar-refractivity contribution >= 4 is 0 Å². The minimum atomic E-state index is 0.340. The first-order valence-corrected chi connectivity index (χ1v) is 10.2. The van der Waals surface area contributed by atoms with Crippen LogP contribution in [0.4, 0.5) is 0 Å². The van der Waals surface area contributed by atoms with Crippen molar-refractivity contribution in [3.8, 4) is 11.5 Å². The first-order valence-electron chi connectivity index (χ1n) is 10.2. The van der Waals surface area contributed by atoms with E-state index in [2.05, 4.69) is 65.4 Å². The number of rotatable bonds is 7. The number of benzene rings is 2. The van der Waals surface area contributed by atoms with Gasteiger partial charge in [-0.1, -0.05) is 42.8 Å². The predicted octanol–water partition coefficient (Wildman–Crippen LogP) is 4.46. The van der Waals surface area contributed by atoms with Gasteiger partial charge in [-0.2, -0.15) is 0 Å². The number of hydrogen-bond acceptors (Lipinski definition) is 4. The first kappa shape index (κ1) is 18.3. The van der Waals surface area contributed by atoms with E-state index < -0.39 is 0 Å². The van der Waals surface area contributed by atoms with Gasteiger partial charge in [-0.05, 0) is 69.2 Å². The van der Waals surface area contributed by atoms with E-state index >= 15 is 0 Å². The minimum Gasteiger partial charge on any atom is -0.454 e. The Balaban J connectivity index is 1.45. The fraction of sp³-hybridized carbons (Fsp3) is 0.478. The SMILES string of the molecule is CN(CCC(c1ccc2c(c1)OCO2)N1CCCCC1)Cc1ccccc1. The van der Waals surface area contributed by atoms with E-state index in [1.54, 1.807) is 0 Å². The highest BCUT2D eigenvalue weighted by molar-refractivity contribution is 5.45. The maximum absolute atomic E-state index is 5.63. The van der Waals surface area contributed by atoms with Gasteiger partial charge in [0.15, 0.2) is 11.5 Å². The van der Waals surface area contributed by atoms with E-state index in [-0.39, 0.29) is 0 Å². The Kier molecular flexibility index (Phi) is 5.95. The van der Waals surface area contributed by atoms with Gasteiger partial charge in [0.05, 0.1) is 0 Å². The molecule has 2 aliphatic rings. The van der Waals surface area contributed by atoms with Crippen molar-refractivity contribution in [3.63, 3.8) is 0 Å². The predicted molar refractivity (Wildman–Crippen MR) is 108 cm³/mol. The molecule has 0 amide bonds. The highest BCUT2D eigenvalue weighted by Crippen LogP contribution is 2.37. The van der Waals surface area contributed by atoms with Gasteiger partial charge in [-0.15, -0.1) is 0 Å². The van der Waals surface area contributed by atoms with Crippen molar-refractivity contribution in [2.45, 2.75) is 38.3 Å². The smallest absolute Gasteiger partial charge is 0.231 e. The molecule has 0 N–H and O–H groups in total. The molecule has 0 aliphatic carbocycles. The van der Waals surface area contributed by atoms with Gasteiger partial charge in [0, 0.05) is 12.6 Å². The average molecular weight is 367 g/mol. The third-order valence-corrected chi connectivity index (χ3v) is 5.69. The molecule has 144 valence electrons. The zero-order valence-corrected chi connectivity index (χ0v) is 16.3. The number of ether oxygens (including phenoxy) is 2. The van der Waals surface area contributed by atoms with Crippen LogP contribution in [0, 0.1) is 0 Å². The molecule has 4 rings (SSSR count). The van der Waals surface area contributed by atoms with Crippen LogP contribution in [0.1, 0.15) is 42.9 Å². The number of piperidine rings is 1. The molecule has 27 heavy (non-hydrogen) atoms. The van der Waals surface area contributed by atoms with Crippen molar-refractivity contribution < 1.29 is 9.47 Å². The van der Waals surface area contributed by atoms with Crippen LogP contribution in [-0.2, 0) is 6.54 Å². The molecule has 4 heteroatoms. The second kappa shape index (κ2) is 8.77. The Morgan fingerprint density at radius 3 is 2.56 bits per heavy atom. The molecule has 1 atom stereocenters. The molecule has 2 aromatic rings. The summed E-state index contributed by atoms with van der Waals surface area (Å²) < 4.78 is 11.1. The summed E-state index contributed by atoms with van der Waals surface area (Å²) >= 11 is 0. The Labute approximate surface area is 162 Å². The molecule has 0 aromatic heterocycles. The van der Waals surface area contributed by atoms with E-state index in [0.29, 0.717) is 12.8 Å². The molecule has 1 fully saturated rings. The monoisotopic (exact) mass is 366 g/mol. The molecular formula is C23H30N2O2. The largest absolute Gasteiger partial charge is 0.454 e. The van der Waals surface area contributed by atoms with Crippen molar-refractivity contribution in [1.29, 1.82) is 0 Å². The quantitative estimate of drug-likeness (QED) is 0.722. The van der Waals surface area contributed by atoms with E-state index in [9.17, 15) is 0 Å². The summed E-state index contributed by atoms with van der Waals surface area (Å²) in [6, 6.07) is 17.7. The van der Waals surface area contributed by atoms with Gasteiger partial charge in [-0.25, -0.2) is 0 Å². The molecule has 4 nitrogen and oxygen atoms in total. The van der Waals surface area contributed by atoms with E-state index in [0.717, 1.165) is 31.0 Å². The van der Waals surface area contributed by atoms with Crippen molar-refractivity contribution in [2.75, 3.05) is 33.5 Å². The highest BCUT2D eigenvalue weighted by Gasteiger charge is 2.24. The normalized spacial score (nSPS) is 18.0. The van der Waals surface area contributed by atoms with E-state index in [4.69, 9.17) is 9.47 Å². The van der Waals surface area contributed by atoms with Crippen LogP contribution in [0.3, 0.4) is 0 Å². The summed E-state index contributed by atoms with van der Waals surface area (Å²) in [5, 5.41) is 0. The van der Waals surface area contributed by atoms with Crippen LogP contribution in [0.2, 0.25) is 0 Å².